The number of aromatic nitrogens is 3. The van der Waals surface area contributed by atoms with Gasteiger partial charge in [0.25, 0.3) is 5.56 Å². The molecule has 0 radical (unpaired) electrons. The number of nitrogen functional groups attached to an aromatic ring is 1. The summed E-state index contributed by atoms with van der Waals surface area (Å²) in [4.78, 5) is 18.0. The van der Waals surface area contributed by atoms with Gasteiger partial charge in [0.15, 0.2) is 17.9 Å². The minimum absolute atomic E-state index is 0.109. The second-order valence-corrected chi connectivity index (χ2v) is 4.62. The number of pyridine rings is 1. The Kier molecular flexibility index (Phi) is 2.96. The highest BCUT2D eigenvalue weighted by molar-refractivity contribution is 5.76. The smallest absolute Gasteiger partial charge is 0.277 e. The fourth-order valence-electron chi connectivity index (χ4n) is 2.35. The maximum atomic E-state index is 13.7. The second kappa shape index (κ2) is 4.54. The Morgan fingerprint density at radius 2 is 2.35 bits per heavy atom. The van der Waals surface area contributed by atoms with Crippen LogP contribution in [0.2, 0.25) is 0 Å². The highest BCUT2D eigenvalue weighted by Gasteiger charge is 2.45. The van der Waals surface area contributed by atoms with Crippen LogP contribution in [0.3, 0.4) is 0 Å². The summed E-state index contributed by atoms with van der Waals surface area (Å²) < 4.78 is 20.3. The molecule has 5 N–H and O–H groups in total. The average molecular weight is 284 g/mol. The fraction of sp³-hybridized carbons (Fsp3) is 0.455. The monoisotopic (exact) mass is 284 g/mol. The number of imidazole rings is 1. The molecule has 0 aromatic carbocycles. The van der Waals surface area contributed by atoms with Gasteiger partial charge in [0, 0.05) is 6.07 Å². The zero-order valence-electron chi connectivity index (χ0n) is 10.2. The summed E-state index contributed by atoms with van der Waals surface area (Å²) in [6.07, 6.45) is -4.12. The molecular weight excluding hydrogens is 271 g/mol. The number of H-pyrrole nitrogens is 1. The third-order valence-electron chi connectivity index (χ3n) is 3.34. The Hall–Kier alpha value is -1.97. The van der Waals surface area contributed by atoms with Crippen molar-refractivity contribution in [2.75, 3.05) is 12.3 Å². The first-order valence-corrected chi connectivity index (χ1v) is 5.96. The van der Waals surface area contributed by atoms with Crippen molar-refractivity contribution in [2.45, 2.75) is 24.6 Å². The van der Waals surface area contributed by atoms with Crippen LogP contribution in [-0.2, 0) is 4.74 Å². The molecular formula is C11H13FN4O4. The normalized spacial score (nSPS) is 30.1. The van der Waals surface area contributed by atoms with Crippen LogP contribution in [0.25, 0.3) is 11.0 Å². The van der Waals surface area contributed by atoms with E-state index in [1.165, 1.54) is 17.0 Å². The molecule has 9 heteroatoms. The van der Waals surface area contributed by atoms with Gasteiger partial charge in [0.05, 0.1) is 18.5 Å². The van der Waals surface area contributed by atoms with Crippen LogP contribution in [0.5, 0.6) is 0 Å². The van der Waals surface area contributed by atoms with Gasteiger partial charge in [-0.05, 0) is 0 Å². The lowest BCUT2D eigenvalue weighted by Gasteiger charge is -2.16. The molecule has 0 spiro atoms. The van der Waals surface area contributed by atoms with Crippen LogP contribution in [0.15, 0.2) is 17.2 Å². The van der Waals surface area contributed by atoms with Gasteiger partial charge >= 0.3 is 0 Å². The maximum Gasteiger partial charge on any atom is 0.277 e. The third kappa shape index (κ3) is 1.79. The Morgan fingerprint density at radius 1 is 1.60 bits per heavy atom. The van der Waals surface area contributed by atoms with Gasteiger partial charge in [-0.3, -0.25) is 4.79 Å². The molecule has 3 rings (SSSR count). The van der Waals surface area contributed by atoms with Crippen molar-refractivity contribution in [3.63, 3.8) is 0 Å². The molecule has 3 heterocycles. The van der Waals surface area contributed by atoms with E-state index in [9.17, 15) is 14.3 Å². The minimum Gasteiger partial charge on any atom is -0.394 e. The van der Waals surface area contributed by atoms with Crippen LogP contribution in [0.1, 0.15) is 6.23 Å². The standard InChI is InChI=1S/C11H13FN4O4/c12-7-5(2-17)20-11(9(7)18)16-3-14-8-4(16)1-6(13)15-10(8)19/h1,3,5,7,9,11,17-18H,2H2,(H3,13,15,19)/t5-,7+,9?,11-/m1/s1. The SMILES string of the molecule is Nc1cc2c(ncn2[C@@H]2O[C@H](CO)[C@H](F)C2O)c(=O)[nH]1. The zero-order chi connectivity index (χ0) is 14.4. The first kappa shape index (κ1) is 13.0. The second-order valence-electron chi connectivity index (χ2n) is 4.62. The summed E-state index contributed by atoms with van der Waals surface area (Å²) in [6, 6.07) is 1.44. The van der Waals surface area contributed by atoms with E-state index in [-0.39, 0.29) is 11.3 Å². The number of aliphatic hydroxyl groups excluding tert-OH is 2. The molecule has 0 amide bonds. The van der Waals surface area contributed by atoms with Gasteiger partial charge in [-0.25, -0.2) is 9.37 Å². The third-order valence-corrected chi connectivity index (χ3v) is 3.34. The van der Waals surface area contributed by atoms with E-state index in [0.717, 1.165) is 0 Å². The molecule has 0 aliphatic carbocycles. The van der Waals surface area contributed by atoms with Crippen LogP contribution >= 0.6 is 0 Å². The van der Waals surface area contributed by atoms with E-state index in [1.54, 1.807) is 0 Å². The largest absolute Gasteiger partial charge is 0.394 e. The van der Waals surface area contributed by atoms with Gasteiger partial charge in [-0.1, -0.05) is 0 Å². The highest BCUT2D eigenvalue weighted by Crippen LogP contribution is 2.33. The topological polar surface area (TPSA) is 126 Å². The number of nitrogens with two attached hydrogens (primary N) is 1. The van der Waals surface area contributed by atoms with Crippen LogP contribution < -0.4 is 11.3 Å². The molecule has 8 nitrogen and oxygen atoms in total. The number of nitrogens with zero attached hydrogens (tertiary/aromatic N) is 2. The molecule has 0 saturated carbocycles. The molecule has 1 fully saturated rings. The number of aromatic amines is 1. The number of ether oxygens (including phenoxy) is 1. The molecule has 1 saturated heterocycles. The molecule has 0 bridgehead atoms. The van der Waals surface area contributed by atoms with Crippen LogP contribution in [0.4, 0.5) is 10.2 Å². The summed E-state index contributed by atoms with van der Waals surface area (Å²) >= 11 is 0. The fourth-order valence-corrected chi connectivity index (χ4v) is 2.35. The van der Waals surface area contributed by atoms with Gasteiger partial charge < -0.3 is 30.2 Å². The number of hydrogen-bond donors (Lipinski definition) is 4. The number of aliphatic hydroxyl groups is 2. The Balaban J connectivity index is 2.09. The van der Waals surface area contributed by atoms with Crippen molar-refractivity contribution in [1.82, 2.24) is 14.5 Å². The highest BCUT2D eigenvalue weighted by atomic mass is 19.1. The average Bonchev–Trinajstić information content (AvgIpc) is 2.93. The molecule has 1 aliphatic rings. The minimum atomic E-state index is -1.72. The van der Waals surface area contributed by atoms with E-state index < -0.39 is 36.8 Å². The van der Waals surface area contributed by atoms with Crippen molar-refractivity contribution in [1.29, 1.82) is 0 Å². The van der Waals surface area contributed by atoms with Crippen molar-refractivity contribution in [2.24, 2.45) is 0 Å². The quantitative estimate of drug-likeness (QED) is 0.554. The van der Waals surface area contributed by atoms with E-state index >= 15 is 0 Å². The van der Waals surface area contributed by atoms with Gasteiger partial charge in [-0.2, -0.15) is 0 Å². The molecule has 2 aromatic heterocycles. The maximum absolute atomic E-state index is 13.7. The van der Waals surface area contributed by atoms with Crippen molar-refractivity contribution >= 4 is 16.9 Å². The summed E-state index contributed by atoms with van der Waals surface area (Å²) in [7, 11) is 0. The number of halogens is 1. The number of fused-ring (bicyclic) bond motifs is 1. The lowest BCUT2D eigenvalue weighted by Crippen LogP contribution is -2.29. The molecule has 1 unspecified atom stereocenters. The predicted molar refractivity (Wildman–Crippen MR) is 66.7 cm³/mol. The first-order valence-electron chi connectivity index (χ1n) is 5.96. The number of hydrogen-bond acceptors (Lipinski definition) is 6. The Morgan fingerprint density at radius 3 is 3.00 bits per heavy atom. The van der Waals surface area contributed by atoms with Crippen LogP contribution in [-0.4, -0.2) is 49.7 Å². The number of alkyl halides is 1. The Labute approximate surface area is 111 Å². The van der Waals surface area contributed by atoms with Crippen molar-refractivity contribution in [3.05, 3.63) is 22.7 Å². The van der Waals surface area contributed by atoms with E-state index in [4.69, 9.17) is 15.6 Å². The molecule has 108 valence electrons. The molecule has 4 atom stereocenters. The van der Waals surface area contributed by atoms with E-state index in [1.807, 2.05) is 0 Å². The number of anilines is 1. The number of nitrogens with one attached hydrogen (secondary N) is 1. The summed E-state index contributed by atoms with van der Waals surface area (Å²) in [5, 5.41) is 18.8. The number of rotatable bonds is 2. The van der Waals surface area contributed by atoms with Gasteiger partial charge in [-0.15, -0.1) is 0 Å². The molecule has 20 heavy (non-hydrogen) atoms. The molecule has 2 aromatic rings. The Bertz CT molecular complexity index is 699. The lowest BCUT2D eigenvalue weighted by molar-refractivity contribution is -0.0493. The van der Waals surface area contributed by atoms with E-state index in [0.29, 0.717) is 5.52 Å². The molecule has 1 aliphatic heterocycles. The van der Waals surface area contributed by atoms with E-state index in [2.05, 4.69) is 9.97 Å². The van der Waals surface area contributed by atoms with Crippen molar-refractivity contribution in [3.8, 4) is 0 Å². The predicted octanol–water partition coefficient (Wildman–Crippen LogP) is -1.10. The van der Waals surface area contributed by atoms with Crippen LogP contribution in [0, 0.1) is 0 Å². The zero-order valence-corrected chi connectivity index (χ0v) is 10.2. The summed E-state index contributed by atoms with van der Waals surface area (Å²) in [5.74, 6) is 0.118. The lowest BCUT2D eigenvalue weighted by atomic mass is 10.1. The van der Waals surface area contributed by atoms with Crippen molar-refractivity contribution < 1.29 is 19.3 Å². The van der Waals surface area contributed by atoms with Gasteiger partial charge in [0.1, 0.15) is 18.0 Å². The summed E-state index contributed by atoms with van der Waals surface area (Å²) in [5.41, 5.74) is 5.50. The summed E-state index contributed by atoms with van der Waals surface area (Å²) in [6.45, 7) is -0.552. The first-order chi connectivity index (χ1) is 9.52. The van der Waals surface area contributed by atoms with Gasteiger partial charge in [0.2, 0.25) is 0 Å².